The zero-order valence-electron chi connectivity index (χ0n) is 10.4. The Hall–Kier alpha value is -1.12. The molecule has 2 N–H and O–H groups in total. The Balaban J connectivity index is 2.07. The highest BCUT2D eigenvalue weighted by Gasteiger charge is 2.11. The van der Waals surface area contributed by atoms with Crippen LogP contribution in [0.25, 0.3) is 10.4 Å². The number of benzene rings is 1. The van der Waals surface area contributed by atoms with Crippen LogP contribution in [0.4, 0.5) is 0 Å². The summed E-state index contributed by atoms with van der Waals surface area (Å²) in [5, 5.41) is 0. The Morgan fingerprint density at radius 2 is 1.76 bits per heavy atom. The third-order valence-corrected chi connectivity index (χ3v) is 3.93. The molecule has 0 unspecified atom stereocenters. The van der Waals surface area contributed by atoms with Crippen LogP contribution in [0.3, 0.4) is 0 Å². The average Bonchev–Trinajstić information content (AvgIpc) is 2.75. The third kappa shape index (κ3) is 3.69. The van der Waals surface area contributed by atoms with E-state index < -0.39 is 0 Å². The van der Waals surface area contributed by atoms with Crippen molar-refractivity contribution < 1.29 is 0 Å². The molecule has 1 aromatic heterocycles. The van der Waals surface area contributed by atoms with Gasteiger partial charge in [-0.15, -0.1) is 11.3 Å². The van der Waals surface area contributed by atoms with Gasteiger partial charge in [0.15, 0.2) is 0 Å². The van der Waals surface area contributed by atoms with Crippen molar-refractivity contribution in [1.29, 1.82) is 0 Å². The Morgan fingerprint density at radius 1 is 1.06 bits per heavy atom. The van der Waals surface area contributed by atoms with Gasteiger partial charge >= 0.3 is 0 Å². The van der Waals surface area contributed by atoms with Gasteiger partial charge in [0.2, 0.25) is 0 Å². The highest BCUT2D eigenvalue weighted by molar-refractivity contribution is 7.15. The molecule has 0 atom stereocenters. The Morgan fingerprint density at radius 3 is 2.41 bits per heavy atom. The van der Waals surface area contributed by atoms with E-state index in [0.29, 0.717) is 0 Å². The first kappa shape index (κ1) is 12.3. The minimum Gasteiger partial charge on any atom is -0.326 e. The highest BCUT2D eigenvalue weighted by atomic mass is 32.1. The zero-order chi connectivity index (χ0) is 12.3. The van der Waals surface area contributed by atoms with E-state index in [1.807, 2.05) is 11.3 Å². The number of hydrogen-bond acceptors (Lipinski definition) is 2. The molecule has 0 saturated carbocycles. The second kappa shape index (κ2) is 5.03. The molecule has 1 aromatic carbocycles. The summed E-state index contributed by atoms with van der Waals surface area (Å²) >= 11 is 1.87. The minimum atomic E-state index is -0.0725. The number of nitrogens with two attached hydrogens (primary N) is 1. The smallest absolute Gasteiger partial charge is 0.0345 e. The summed E-state index contributed by atoms with van der Waals surface area (Å²) in [4.78, 5) is 2.76. The lowest BCUT2D eigenvalue weighted by atomic mass is 10.00. The molecular weight excluding hydrogens is 226 g/mol. The standard InChI is InChI=1S/C15H19NS/c1-15(2,16)11-10-13-8-9-14(17-13)12-6-4-3-5-7-12/h3-9H,10-11,16H2,1-2H3. The molecule has 2 rings (SSSR count). The number of thiophene rings is 1. The van der Waals surface area contributed by atoms with Crippen LogP contribution < -0.4 is 5.73 Å². The largest absolute Gasteiger partial charge is 0.326 e. The molecule has 0 amide bonds. The highest BCUT2D eigenvalue weighted by Crippen LogP contribution is 2.29. The second-order valence-electron chi connectivity index (χ2n) is 5.12. The second-order valence-corrected chi connectivity index (χ2v) is 6.29. The summed E-state index contributed by atoms with van der Waals surface area (Å²) < 4.78 is 0. The SMILES string of the molecule is CC(C)(N)CCc1ccc(-c2ccccc2)s1. The lowest BCUT2D eigenvalue weighted by molar-refractivity contribution is 0.478. The molecule has 0 saturated heterocycles. The van der Waals surface area contributed by atoms with Crippen molar-refractivity contribution in [2.24, 2.45) is 5.73 Å². The molecule has 2 heteroatoms. The van der Waals surface area contributed by atoms with E-state index in [4.69, 9.17) is 5.73 Å². The fraction of sp³-hybridized carbons (Fsp3) is 0.333. The summed E-state index contributed by atoms with van der Waals surface area (Å²) in [6.07, 6.45) is 2.10. The Labute approximate surface area is 107 Å². The molecule has 0 aliphatic heterocycles. The van der Waals surface area contributed by atoms with Crippen LogP contribution in [0.15, 0.2) is 42.5 Å². The molecule has 2 aromatic rings. The van der Waals surface area contributed by atoms with Crippen LogP contribution in [0.5, 0.6) is 0 Å². The fourth-order valence-corrected chi connectivity index (χ4v) is 2.73. The van der Waals surface area contributed by atoms with E-state index in [9.17, 15) is 0 Å². The van der Waals surface area contributed by atoms with Crippen LogP contribution in [0.2, 0.25) is 0 Å². The molecule has 0 aliphatic rings. The van der Waals surface area contributed by atoms with E-state index in [-0.39, 0.29) is 5.54 Å². The van der Waals surface area contributed by atoms with Crippen molar-refractivity contribution in [3.8, 4) is 10.4 Å². The maximum atomic E-state index is 6.01. The normalized spacial score (nSPS) is 11.7. The van der Waals surface area contributed by atoms with Gasteiger partial charge in [-0.25, -0.2) is 0 Å². The van der Waals surface area contributed by atoms with Crippen molar-refractivity contribution in [2.45, 2.75) is 32.2 Å². The lowest BCUT2D eigenvalue weighted by Gasteiger charge is -2.17. The van der Waals surface area contributed by atoms with Gasteiger partial charge in [-0.2, -0.15) is 0 Å². The van der Waals surface area contributed by atoms with Crippen molar-refractivity contribution in [3.05, 3.63) is 47.3 Å². The van der Waals surface area contributed by atoms with Gasteiger partial charge in [0, 0.05) is 15.3 Å². The molecule has 1 heterocycles. The van der Waals surface area contributed by atoms with Crippen molar-refractivity contribution in [1.82, 2.24) is 0 Å². The first-order chi connectivity index (χ1) is 8.04. The number of rotatable bonds is 4. The number of aryl methyl sites for hydroxylation is 1. The van der Waals surface area contributed by atoms with Gasteiger partial charge in [0.25, 0.3) is 0 Å². The predicted molar refractivity (Wildman–Crippen MR) is 76.3 cm³/mol. The summed E-state index contributed by atoms with van der Waals surface area (Å²) in [6.45, 7) is 4.16. The zero-order valence-corrected chi connectivity index (χ0v) is 11.3. The van der Waals surface area contributed by atoms with Crippen LogP contribution in [-0.2, 0) is 6.42 Å². The van der Waals surface area contributed by atoms with E-state index >= 15 is 0 Å². The fourth-order valence-electron chi connectivity index (χ4n) is 1.72. The van der Waals surface area contributed by atoms with E-state index in [1.54, 1.807) is 0 Å². The van der Waals surface area contributed by atoms with Crippen LogP contribution in [0, 0.1) is 0 Å². The maximum absolute atomic E-state index is 6.01. The monoisotopic (exact) mass is 245 g/mol. The summed E-state index contributed by atoms with van der Waals surface area (Å²) in [5.74, 6) is 0. The van der Waals surface area contributed by atoms with Crippen molar-refractivity contribution in [3.63, 3.8) is 0 Å². The Bertz CT molecular complexity index is 465. The van der Waals surface area contributed by atoms with Gasteiger partial charge in [0.1, 0.15) is 0 Å². The Kier molecular flexibility index (Phi) is 3.65. The molecule has 0 aliphatic carbocycles. The van der Waals surface area contributed by atoms with Crippen LogP contribution in [-0.4, -0.2) is 5.54 Å². The van der Waals surface area contributed by atoms with Crippen LogP contribution >= 0.6 is 11.3 Å². The van der Waals surface area contributed by atoms with E-state index in [1.165, 1.54) is 15.3 Å². The maximum Gasteiger partial charge on any atom is 0.0345 e. The summed E-state index contributed by atoms with van der Waals surface area (Å²) in [5.41, 5.74) is 7.23. The molecule has 0 fully saturated rings. The minimum absolute atomic E-state index is 0.0725. The predicted octanol–water partition coefficient (Wildman–Crippen LogP) is 4.09. The first-order valence-corrected chi connectivity index (χ1v) is 6.79. The first-order valence-electron chi connectivity index (χ1n) is 5.98. The molecule has 17 heavy (non-hydrogen) atoms. The molecule has 0 bridgehead atoms. The quantitative estimate of drug-likeness (QED) is 0.862. The van der Waals surface area contributed by atoms with Gasteiger partial charge in [0.05, 0.1) is 0 Å². The lowest BCUT2D eigenvalue weighted by Crippen LogP contribution is -2.32. The average molecular weight is 245 g/mol. The van der Waals surface area contributed by atoms with Gasteiger partial charge in [-0.3, -0.25) is 0 Å². The van der Waals surface area contributed by atoms with Gasteiger partial charge in [-0.05, 0) is 44.4 Å². The van der Waals surface area contributed by atoms with Crippen molar-refractivity contribution >= 4 is 11.3 Å². The molecular formula is C15H19NS. The van der Waals surface area contributed by atoms with Crippen molar-refractivity contribution in [2.75, 3.05) is 0 Å². The molecule has 90 valence electrons. The summed E-state index contributed by atoms with van der Waals surface area (Å²) in [6, 6.07) is 15.0. The van der Waals surface area contributed by atoms with E-state index in [2.05, 4.69) is 56.3 Å². The topological polar surface area (TPSA) is 26.0 Å². The van der Waals surface area contributed by atoms with Gasteiger partial charge < -0.3 is 5.73 Å². The third-order valence-electron chi connectivity index (χ3n) is 2.74. The van der Waals surface area contributed by atoms with E-state index in [0.717, 1.165) is 12.8 Å². The number of hydrogen-bond donors (Lipinski definition) is 1. The molecule has 1 nitrogen and oxygen atoms in total. The summed E-state index contributed by atoms with van der Waals surface area (Å²) in [7, 11) is 0. The molecule has 0 spiro atoms. The molecule has 0 radical (unpaired) electrons. The van der Waals surface area contributed by atoms with Crippen LogP contribution in [0.1, 0.15) is 25.1 Å². The van der Waals surface area contributed by atoms with Gasteiger partial charge in [-0.1, -0.05) is 30.3 Å².